The van der Waals surface area contributed by atoms with E-state index in [9.17, 15) is 0 Å². The van der Waals surface area contributed by atoms with Crippen molar-refractivity contribution in [2.24, 2.45) is 5.92 Å². The van der Waals surface area contributed by atoms with Crippen LogP contribution in [-0.2, 0) is 0 Å². The second kappa shape index (κ2) is 8.86. The lowest BCUT2D eigenvalue weighted by atomic mass is 9.99. The summed E-state index contributed by atoms with van der Waals surface area (Å²) in [6.45, 7) is 8.53. The molecule has 2 rings (SSSR count). The lowest BCUT2D eigenvalue weighted by molar-refractivity contribution is 0.467. The fourth-order valence-corrected chi connectivity index (χ4v) is 3.48. The number of anilines is 1. The van der Waals surface area contributed by atoms with E-state index < -0.39 is 0 Å². The van der Waals surface area contributed by atoms with Crippen molar-refractivity contribution in [2.45, 2.75) is 19.8 Å². The van der Waals surface area contributed by atoms with Gasteiger partial charge in [0.25, 0.3) is 0 Å². The van der Waals surface area contributed by atoms with E-state index >= 15 is 0 Å². The lowest BCUT2D eigenvalue weighted by Crippen LogP contribution is -2.27. The molecule has 0 saturated heterocycles. The highest BCUT2D eigenvalue weighted by atomic mass is 79.9. The van der Waals surface area contributed by atoms with Gasteiger partial charge in [-0.05, 0) is 65.6 Å². The van der Waals surface area contributed by atoms with Crippen LogP contribution in [0.25, 0.3) is 5.57 Å². The van der Waals surface area contributed by atoms with Gasteiger partial charge in [-0.1, -0.05) is 48.0 Å². The summed E-state index contributed by atoms with van der Waals surface area (Å²) in [5.41, 5.74) is 3.42. The Balaban J connectivity index is 2.38. The zero-order valence-corrected chi connectivity index (χ0v) is 17.0. The van der Waals surface area contributed by atoms with E-state index in [4.69, 9.17) is 0 Å². The molecule has 0 amide bonds. The highest BCUT2D eigenvalue weighted by Gasteiger charge is 2.17. The Labute approximate surface area is 156 Å². The van der Waals surface area contributed by atoms with Gasteiger partial charge < -0.3 is 10.2 Å². The van der Waals surface area contributed by atoms with E-state index in [1.165, 1.54) is 24.1 Å². The van der Waals surface area contributed by atoms with Crippen LogP contribution in [-0.4, -0.2) is 20.1 Å². The number of allylic oxidation sites excluding steroid dienone is 4. The van der Waals surface area contributed by atoms with E-state index in [1.807, 2.05) is 7.05 Å². The molecule has 0 bridgehead atoms. The van der Waals surface area contributed by atoms with Crippen LogP contribution in [0.5, 0.6) is 0 Å². The Kier molecular flexibility index (Phi) is 7.12. The molecule has 1 heterocycles. The molecule has 1 aliphatic rings. The predicted octanol–water partition coefficient (Wildman–Crippen LogP) is 5.71. The quantitative estimate of drug-likeness (QED) is 0.610. The first kappa shape index (κ1) is 18.5. The number of nitrogens with zero attached hydrogens (tertiary/aromatic N) is 1. The molecule has 1 N–H and O–H groups in total. The third-order valence-electron chi connectivity index (χ3n) is 4.17. The molecule has 0 aromatic heterocycles. The highest BCUT2D eigenvalue weighted by molar-refractivity contribution is 9.12. The normalized spacial score (nSPS) is 19.4. The SMILES string of the molecule is C=C1/C=C\C(Br)=C/N(CC(CC)CCNC)c2cc(Br)ccc21. The van der Waals surface area contributed by atoms with Gasteiger partial charge in [0.05, 0.1) is 0 Å². The van der Waals surface area contributed by atoms with Crippen molar-refractivity contribution in [3.63, 3.8) is 0 Å². The van der Waals surface area contributed by atoms with E-state index in [-0.39, 0.29) is 0 Å². The zero-order chi connectivity index (χ0) is 16.8. The molecule has 1 aromatic rings. The summed E-state index contributed by atoms with van der Waals surface area (Å²) in [7, 11) is 2.01. The third-order valence-corrected chi connectivity index (χ3v) is 5.14. The van der Waals surface area contributed by atoms with Gasteiger partial charge in [-0.3, -0.25) is 0 Å². The summed E-state index contributed by atoms with van der Waals surface area (Å²) in [5.74, 6) is 0.641. The van der Waals surface area contributed by atoms with Gasteiger partial charge in [0.2, 0.25) is 0 Å². The summed E-state index contributed by atoms with van der Waals surface area (Å²) >= 11 is 7.25. The second-order valence-electron chi connectivity index (χ2n) is 5.85. The Hall–Kier alpha value is -0.840. The third kappa shape index (κ3) is 5.07. The molecule has 2 nitrogen and oxygen atoms in total. The van der Waals surface area contributed by atoms with E-state index in [0.717, 1.165) is 27.6 Å². The molecule has 1 atom stereocenters. The van der Waals surface area contributed by atoms with Crippen LogP contribution in [0, 0.1) is 5.92 Å². The Bertz CT molecular complexity index is 620. The molecule has 23 heavy (non-hydrogen) atoms. The maximum absolute atomic E-state index is 4.22. The smallest absolute Gasteiger partial charge is 0.0497 e. The topological polar surface area (TPSA) is 15.3 Å². The van der Waals surface area contributed by atoms with Gasteiger partial charge in [0.15, 0.2) is 0 Å². The van der Waals surface area contributed by atoms with Crippen molar-refractivity contribution in [2.75, 3.05) is 25.0 Å². The van der Waals surface area contributed by atoms with E-state index in [0.29, 0.717) is 5.92 Å². The van der Waals surface area contributed by atoms with Gasteiger partial charge in [-0.25, -0.2) is 0 Å². The first-order valence-electron chi connectivity index (χ1n) is 8.00. The van der Waals surface area contributed by atoms with Gasteiger partial charge >= 0.3 is 0 Å². The number of halogens is 2. The lowest BCUT2D eigenvalue weighted by Gasteiger charge is -2.29. The largest absolute Gasteiger partial charge is 0.346 e. The molecule has 0 aliphatic carbocycles. The summed E-state index contributed by atoms with van der Waals surface area (Å²) in [6, 6.07) is 6.40. The molecule has 0 spiro atoms. The Morgan fingerprint density at radius 2 is 2.04 bits per heavy atom. The van der Waals surface area contributed by atoms with Crippen molar-refractivity contribution in [3.05, 3.63) is 57.6 Å². The fraction of sp³-hybridized carbons (Fsp3) is 0.368. The summed E-state index contributed by atoms with van der Waals surface area (Å²) < 4.78 is 2.15. The minimum atomic E-state index is 0.641. The number of hydrogen-bond donors (Lipinski definition) is 1. The first-order chi connectivity index (χ1) is 11.0. The van der Waals surface area contributed by atoms with Gasteiger partial charge in [0, 0.05) is 33.0 Å². The molecular formula is C19H24Br2N2. The maximum Gasteiger partial charge on any atom is 0.0497 e. The maximum atomic E-state index is 4.22. The summed E-state index contributed by atoms with van der Waals surface area (Å²) in [5, 5.41) is 3.26. The minimum absolute atomic E-state index is 0.641. The van der Waals surface area contributed by atoms with Gasteiger partial charge in [-0.15, -0.1) is 0 Å². The molecule has 0 saturated carbocycles. The molecule has 0 fully saturated rings. The molecule has 1 aromatic carbocycles. The Morgan fingerprint density at radius 3 is 2.74 bits per heavy atom. The Morgan fingerprint density at radius 1 is 1.26 bits per heavy atom. The van der Waals surface area contributed by atoms with Crippen molar-refractivity contribution in [3.8, 4) is 0 Å². The van der Waals surface area contributed by atoms with Crippen LogP contribution < -0.4 is 10.2 Å². The minimum Gasteiger partial charge on any atom is -0.346 e. The number of benzene rings is 1. The van der Waals surface area contributed by atoms with Crippen LogP contribution in [0.3, 0.4) is 0 Å². The molecule has 1 unspecified atom stereocenters. The molecule has 0 radical (unpaired) electrons. The van der Waals surface area contributed by atoms with Crippen molar-refractivity contribution < 1.29 is 0 Å². The molecule has 124 valence electrons. The van der Waals surface area contributed by atoms with Crippen molar-refractivity contribution in [1.82, 2.24) is 5.32 Å². The van der Waals surface area contributed by atoms with Crippen LogP contribution in [0.1, 0.15) is 25.3 Å². The zero-order valence-electron chi connectivity index (χ0n) is 13.8. The van der Waals surface area contributed by atoms with E-state index in [1.54, 1.807) is 0 Å². The highest BCUT2D eigenvalue weighted by Crippen LogP contribution is 2.34. The monoisotopic (exact) mass is 438 g/mol. The second-order valence-corrected chi connectivity index (χ2v) is 7.68. The molecule has 4 heteroatoms. The number of fused-ring (bicyclic) bond motifs is 1. The summed E-state index contributed by atoms with van der Waals surface area (Å²) in [4.78, 5) is 2.35. The van der Waals surface area contributed by atoms with Crippen LogP contribution >= 0.6 is 31.9 Å². The summed E-state index contributed by atoms with van der Waals surface area (Å²) in [6.07, 6.45) is 8.65. The number of hydrogen-bond acceptors (Lipinski definition) is 2. The molecule has 1 aliphatic heterocycles. The first-order valence-corrected chi connectivity index (χ1v) is 9.59. The number of nitrogens with one attached hydrogen (secondary N) is 1. The van der Waals surface area contributed by atoms with Gasteiger partial charge in [-0.2, -0.15) is 0 Å². The fourth-order valence-electron chi connectivity index (χ4n) is 2.75. The van der Waals surface area contributed by atoms with Crippen molar-refractivity contribution >= 4 is 43.1 Å². The molecular weight excluding hydrogens is 416 g/mol. The average Bonchev–Trinajstić information content (AvgIpc) is 2.54. The van der Waals surface area contributed by atoms with Crippen LogP contribution in [0.2, 0.25) is 0 Å². The van der Waals surface area contributed by atoms with E-state index in [2.05, 4.69) is 92.1 Å². The van der Waals surface area contributed by atoms with Crippen LogP contribution in [0.15, 0.2) is 52.1 Å². The van der Waals surface area contributed by atoms with Crippen molar-refractivity contribution in [1.29, 1.82) is 0 Å². The average molecular weight is 440 g/mol. The van der Waals surface area contributed by atoms with Crippen LogP contribution in [0.4, 0.5) is 5.69 Å². The van der Waals surface area contributed by atoms with Gasteiger partial charge in [0.1, 0.15) is 0 Å². The number of rotatable bonds is 6. The predicted molar refractivity (Wildman–Crippen MR) is 109 cm³/mol. The standard InChI is InChI=1S/C19H24Br2N2/c1-4-15(9-10-22-3)12-23-13-17(21)6-5-14(2)18-8-7-16(20)11-19(18)23/h5-8,11,13,15,22H,2,4,9-10,12H2,1,3H3/b6-5-,17-13+.